The van der Waals surface area contributed by atoms with Gasteiger partial charge in [-0.1, -0.05) is 13.8 Å². The molecule has 0 radical (unpaired) electrons. The van der Waals surface area contributed by atoms with Gasteiger partial charge < -0.3 is 15.1 Å². The van der Waals surface area contributed by atoms with Crippen LogP contribution in [0.3, 0.4) is 0 Å². The first-order valence-corrected chi connectivity index (χ1v) is 7.85. The lowest BCUT2D eigenvalue weighted by atomic mass is 9.98. The Hall–Kier alpha value is -0.120. The quantitative estimate of drug-likeness (QED) is 0.824. The molecule has 2 aliphatic rings. The summed E-state index contributed by atoms with van der Waals surface area (Å²) in [5.74, 6) is 0.907. The Bertz CT molecular complexity index is 256. The first-order valence-electron chi connectivity index (χ1n) is 7.85. The summed E-state index contributed by atoms with van der Waals surface area (Å²) in [5.41, 5.74) is 0.333. The van der Waals surface area contributed by atoms with E-state index < -0.39 is 0 Å². The van der Waals surface area contributed by atoms with E-state index in [1.54, 1.807) is 0 Å². The molecule has 0 spiro atoms. The number of rotatable bonds is 4. The largest absolute Gasteiger partial charge is 0.310 e. The molecule has 2 atom stereocenters. The van der Waals surface area contributed by atoms with Crippen molar-refractivity contribution in [1.29, 1.82) is 0 Å². The monoisotopic (exact) mass is 253 g/mol. The molecule has 2 aliphatic heterocycles. The molecule has 2 heterocycles. The van der Waals surface area contributed by atoms with Crippen LogP contribution in [0.15, 0.2) is 0 Å². The minimum atomic E-state index is 0.333. The zero-order valence-corrected chi connectivity index (χ0v) is 12.5. The highest BCUT2D eigenvalue weighted by molar-refractivity contribution is 4.89. The SMILES string of the molecule is CCN1CCC(CN2CCCNC(C)(CC)C2)C1. The maximum atomic E-state index is 3.73. The molecule has 0 saturated carbocycles. The first kappa shape index (κ1) is 14.3. The highest BCUT2D eigenvalue weighted by atomic mass is 15.2. The Balaban J connectivity index is 1.84. The predicted molar refractivity (Wildman–Crippen MR) is 78.0 cm³/mol. The minimum absolute atomic E-state index is 0.333. The molecule has 0 amide bonds. The van der Waals surface area contributed by atoms with Gasteiger partial charge in [0.1, 0.15) is 0 Å². The Morgan fingerprint density at radius 3 is 2.72 bits per heavy atom. The number of nitrogens with zero attached hydrogens (tertiary/aromatic N) is 2. The zero-order valence-electron chi connectivity index (χ0n) is 12.5. The fraction of sp³-hybridized carbons (Fsp3) is 1.00. The first-order chi connectivity index (χ1) is 8.65. The van der Waals surface area contributed by atoms with E-state index in [-0.39, 0.29) is 0 Å². The molecular formula is C15H31N3. The molecule has 0 aromatic heterocycles. The van der Waals surface area contributed by atoms with E-state index in [9.17, 15) is 0 Å². The van der Waals surface area contributed by atoms with Crippen LogP contribution in [0.2, 0.25) is 0 Å². The average Bonchev–Trinajstić information content (AvgIpc) is 2.73. The van der Waals surface area contributed by atoms with E-state index in [4.69, 9.17) is 0 Å². The van der Waals surface area contributed by atoms with E-state index in [1.807, 2.05) is 0 Å². The lowest BCUT2D eigenvalue weighted by Crippen LogP contribution is -2.49. The van der Waals surface area contributed by atoms with E-state index in [1.165, 1.54) is 65.1 Å². The Morgan fingerprint density at radius 2 is 2.06 bits per heavy atom. The van der Waals surface area contributed by atoms with E-state index in [0.717, 1.165) is 5.92 Å². The third-order valence-corrected chi connectivity index (χ3v) is 4.89. The molecule has 1 N–H and O–H groups in total. The van der Waals surface area contributed by atoms with Crippen molar-refractivity contribution in [2.24, 2.45) is 5.92 Å². The number of nitrogens with one attached hydrogen (secondary N) is 1. The van der Waals surface area contributed by atoms with Gasteiger partial charge in [-0.2, -0.15) is 0 Å². The summed E-state index contributed by atoms with van der Waals surface area (Å²) in [4.78, 5) is 5.31. The van der Waals surface area contributed by atoms with Crippen molar-refractivity contribution in [2.75, 3.05) is 45.8 Å². The molecule has 0 bridgehead atoms. The van der Waals surface area contributed by atoms with E-state index in [0.29, 0.717) is 5.54 Å². The fourth-order valence-electron chi connectivity index (χ4n) is 3.43. The normalized spacial score (nSPS) is 35.8. The maximum Gasteiger partial charge on any atom is 0.0277 e. The summed E-state index contributed by atoms with van der Waals surface area (Å²) < 4.78 is 0. The fourth-order valence-corrected chi connectivity index (χ4v) is 3.43. The summed E-state index contributed by atoms with van der Waals surface area (Å²) in [6.07, 6.45) is 3.94. The van der Waals surface area contributed by atoms with Gasteiger partial charge in [0.15, 0.2) is 0 Å². The lowest BCUT2D eigenvalue weighted by Gasteiger charge is -2.33. The second-order valence-corrected chi connectivity index (χ2v) is 6.48. The molecule has 2 unspecified atom stereocenters. The third kappa shape index (κ3) is 3.69. The maximum absolute atomic E-state index is 3.73. The topological polar surface area (TPSA) is 18.5 Å². The zero-order chi connectivity index (χ0) is 13.0. The smallest absolute Gasteiger partial charge is 0.0277 e. The molecule has 3 nitrogen and oxygen atoms in total. The van der Waals surface area contributed by atoms with Gasteiger partial charge in [0.2, 0.25) is 0 Å². The van der Waals surface area contributed by atoms with Crippen LogP contribution >= 0.6 is 0 Å². The summed E-state index contributed by atoms with van der Waals surface area (Å²) in [6.45, 7) is 15.9. The van der Waals surface area contributed by atoms with Gasteiger partial charge in [-0.15, -0.1) is 0 Å². The van der Waals surface area contributed by atoms with E-state index >= 15 is 0 Å². The molecule has 106 valence electrons. The minimum Gasteiger partial charge on any atom is -0.310 e. The molecule has 0 aliphatic carbocycles. The van der Waals surface area contributed by atoms with Crippen LogP contribution in [0.1, 0.15) is 40.0 Å². The average molecular weight is 253 g/mol. The Labute approximate surface area is 113 Å². The van der Waals surface area contributed by atoms with Crippen molar-refractivity contribution in [3.05, 3.63) is 0 Å². The van der Waals surface area contributed by atoms with Crippen molar-refractivity contribution < 1.29 is 0 Å². The molecule has 2 fully saturated rings. The van der Waals surface area contributed by atoms with Crippen LogP contribution in [0, 0.1) is 5.92 Å². The van der Waals surface area contributed by atoms with Crippen LogP contribution in [0.5, 0.6) is 0 Å². The van der Waals surface area contributed by atoms with Gasteiger partial charge in [0.05, 0.1) is 0 Å². The second kappa shape index (κ2) is 6.36. The van der Waals surface area contributed by atoms with Gasteiger partial charge in [-0.05, 0) is 58.3 Å². The van der Waals surface area contributed by atoms with Gasteiger partial charge in [0.25, 0.3) is 0 Å². The van der Waals surface area contributed by atoms with Crippen LogP contribution < -0.4 is 5.32 Å². The summed E-state index contributed by atoms with van der Waals surface area (Å²) in [6, 6.07) is 0. The highest BCUT2D eigenvalue weighted by Gasteiger charge is 2.29. The van der Waals surface area contributed by atoms with Gasteiger partial charge >= 0.3 is 0 Å². The number of hydrogen-bond acceptors (Lipinski definition) is 3. The van der Waals surface area contributed by atoms with Crippen molar-refractivity contribution >= 4 is 0 Å². The lowest BCUT2D eigenvalue weighted by molar-refractivity contribution is 0.187. The molecule has 2 rings (SSSR count). The van der Waals surface area contributed by atoms with Crippen LogP contribution in [-0.2, 0) is 0 Å². The van der Waals surface area contributed by atoms with Gasteiger partial charge in [-0.3, -0.25) is 0 Å². The standard InChI is InChI=1S/C15H31N3/c1-4-15(3)13-18(9-6-8-16-15)12-14-7-10-17(5-2)11-14/h14,16H,4-13H2,1-3H3. The third-order valence-electron chi connectivity index (χ3n) is 4.89. The Kier molecular flexibility index (Phi) is 5.05. The number of hydrogen-bond donors (Lipinski definition) is 1. The van der Waals surface area contributed by atoms with E-state index in [2.05, 4.69) is 35.9 Å². The predicted octanol–water partition coefficient (Wildman–Crippen LogP) is 1.79. The van der Waals surface area contributed by atoms with Crippen molar-refractivity contribution in [3.8, 4) is 0 Å². The summed E-state index contributed by atoms with van der Waals surface area (Å²) in [7, 11) is 0. The van der Waals surface area contributed by atoms with Gasteiger partial charge in [0, 0.05) is 25.2 Å². The molecule has 2 saturated heterocycles. The van der Waals surface area contributed by atoms with Crippen LogP contribution in [0.25, 0.3) is 0 Å². The molecule has 18 heavy (non-hydrogen) atoms. The van der Waals surface area contributed by atoms with Crippen molar-refractivity contribution in [3.63, 3.8) is 0 Å². The molecule has 0 aromatic rings. The molecular weight excluding hydrogens is 222 g/mol. The van der Waals surface area contributed by atoms with Crippen molar-refractivity contribution in [2.45, 2.75) is 45.6 Å². The van der Waals surface area contributed by atoms with Crippen LogP contribution in [0.4, 0.5) is 0 Å². The Morgan fingerprint density at radius 1 is 1.22 bits per heavy atom. The van der Waals surface area contributed by atoms with Gasteiger partial charge in [-0.25, -0.2) is 0 Å². The molecule has 0 aromatic carbocycles. The number of likely N-dealkylation sites (tertiary alicyclic amines) is 1. The summed E-state index contributed by atoms with van der Waals surface area (Å²) >= 11 is 0. The van der Waals surface area contributed by atoms with Crippen LogP contribution in [-0.4, -0.2) is 61.2 Å². The summed E-state index contributed by atoms with van der Waals surface area (Å²) in [5, 5.41) is 3.73. The molecule has 3 heteroatoms. The highest BCUT2D eigenvalue weighted by Crippen LogP contribution is 2.20. The van der Waals surface area contributed by atoms with Crippen molar-refractivity contribution in [1.82, 2.24) is 15.1 Å². The second-order valence-electron chi connectivity index (χ2n) is 6.48.